The van der Waals surface area contributed by atoms with Gasteiger partial charge in [0.05, 0.1) is 13.2 Å². The maximum atomic E-state index is 12.1. The highest BCUT2D eigenvalue weighted by Crippen LogP contribution is 2.48. The molecule has 0 aromatic carbocycles. The van der Waals surface area contributed by atoms with Crippen LogP contribution in [0.4, 0.5) is 0 Å². The Kier molecular flexibility index (Phi) is 17.0. The van der Waals surface area contributed by atoms with Gasteiger partial charge >= 0.3 is 5.97 Å². The Morgan fingerprint density at radius 2 is 1.58 bits per heavy atom. The average Bonchev–Trinajstić information content (AvgIpc) is 2.65. The third kappa shape index (κ3) is 12.9. The lowest BCUT2D eigenvalue weighted by Crippen LogP contribution is -2.40. The number of hydrogen-bond donors (Lipinski definition) is 1. The number of carbonyl (C=O) groups is 1. The Hall–Kier alpha value is 0.650. The van der Waals surface area contributed by atoms with E-state index >= 15 is 0 Å². The monoisotopic (exact) mass is 439 g/mol. The first kappa shape index (κ1) is 26.6. The van der Waals surface area contributed by atoms with Crippen LogP contribution in [-0.2, 0) is 21.3 Å². The minimum atomic E-state index is -0.320. The van der Waals surface area contributed by atoms with Crippen LogP contribution < -0.4 is 5.32 Å². The third-order valence-electron chi connectivity index (χ3n) is 4.21. The van der Waals surface area contributed by atoms with Gasteiger partial charge in [0.25, 0.3) is 0 Å². The van der Waals surface area contributed by atoms with Gasteiger partial charge in [0.15, 0.2) is 3.94 Å². The average molecular weight is 440 g/mol. The fourth-order valence-corrected chi connectivity index (χ4v) is 7.68. The summed E-state index contributed by atoms with van der Waals surface area (Å²) in [5.41, 5.74) is 0. The van der Waals surface area contributed by atoms with Gasteiger partial charge in [0.2, 0.25) is 0 Å². The van der Waals surface area contributed by atoms with E-state index < -0.39 is 0 Å². The molecule has 0 aliphatic heterocycles. The molecule has 0 aromatic rings. The fourth-order valence-electron chi connectivity index (χ4n) is 2.20. The summed E-state index contributed by atoms with van der Waals surface area (Å²) in [6.45, 7) is 11.8. The molecule has 7 heteroatoms. The van der Waals surface area contributed by atoms with Crippen LogP contribution in [-0.4, -0.2) is 33.6 Å². The van der Waals surface area contributed by atoms with Gasteiger partial charge in [0.1, 0.15) is 0 Å². The number of hydrogen-bond acceptors (Lipinski definition) is 6. The number of thioether (sulfide) groups is 2. The lowest BCUT2D eigenvalue weighted by molar-refractivity contribution is -0.142. The van der Waals surface area contributed by atoms with E-state index in [1.807, 2.05) is 23.5 Å². The number of nitrogens with one attached hydrogen (secondary N) is 1. The molecule has 0 bridgehead atoms. The Labute approximate surface area is 176 Å². The molecule has 0 saturated carbocycles. The zero-order valence-electron chi connectivity index (χ0n) is 17.2. The van der Waals surface area contributed by atoms with Gasteiger partial charge in [-0.3, -0.25) is 10.1 Å². The van der Waals surface area contributed by atoms with Gasteiger partial charge in [-0.1, -0.05) is 78.5 Å². The van der Waals surface area contributed by atoms with E-state index in [-0.39, 0.29) is 16.5 Å². The standard InChI is InChI=1S/C19H38NO2PS3/c1-6-9-10-11-12-13-14-22-18(21)15-20-19(23-24,25-16(4)7-2)26-17(5)8-3/h16-17,20H,6-15H2,1-5H3. The Bertz CT molecular complexity index is 374. The van der Waals surface area contributed by atoms with Crippen molar-refractivity contribution >= 4 is 48.7 Å². The summed E-state index contributed by atoms with van der Waals surface area (Å²) in [5, 5.41) is 4.41. The van der Waals surface area contributed by atoms with Crippen molar-refractivity contribution in [1.29, 1.82) is 0 Å². The maximum Gasteiger partial charge on any atom is 0.320 e. The second-order valence-electron chi connectivity index (χ2n) is 6.69. The molecular formula is C19H38NO2PS3. The van der Waals surface area contributed by atoms with Gasteiger partial charge in [-0.05, 0) is 19.3 Å². The summed E-state index contributed by atoms with van der Waals surface area (Å²) in [5.74, 6) is -0.170. The molecule has 0 aliphatic carbocycles. The molecule has 1 N–H and O–H groups in total. The zero-order chi connectivity index (χ0) is 19.8. The van der Waals surface area contributed by atoms with Crippen molar-refractivity contribution in [3.8, 4) is 0 Å². The highest BCUT2D eigenvalue weighted by molar-refractivity contribution is 8.27. The second kappa shape index (κ2) is 16.6. The van der Waals surface area contributed by atoms with Crippen LogP contribution in [0.3, 0.4) is 0 Å². The normalized spacial score (nSPS) is 16.2. The lowest BCUT2D eigenvalue weighted by atomic mass is 10.1. The van der Waals surface area contributed by atoms with Gasteiger partial charge in [0, 0.05) is 17.9 Å². The fraction of sp³-hybridized carbons (Fsp3) is 0.947. The molecule has 0 amide bonds. The van der Waals surface area contributed by atoms with E-state index in [9.17, 15) is 4.79 Å². The molecule has 154 valence electrons. The number of esters is 1. The molecule has 0 heterocycles. The van der Waals surface area contributed by atoms with Crippen LogP contribution in [0.1, 0.15) is 86.0 Å². The molecule has 0 aliphatic rings. The van der Waals surface area contributed by atoms with Gasteiger partial charge < -0.3 is 4.74 Å². The van der Waals surface area contributed by atoms with Gasteiger partial charge in [-0.2, -0.15) is 0 Å². The largest absolute Gasteiger partial charge is 0.465 e. The number of unbranched alkanes of at least 4 members (excludes halogenated alkanes) is 5. The van der Waals surface area contributed by atoms with Crippen molar-refractivity contribution in [1.82, 2.24) is 5.32 Å². The van der Waals surface area contributed by atoms with E-state index in [0.717, 1.165) is 33.0 Å². The van der Waals surface area contributed by atoms with Crippen molar-refractivity contribution in [3.63, 3.8) is 0 Å². The molecule has 0 fully saturated rings. The van der Waals surface area contributed by atoms with E-state index in [4.69, 9.17) is 16.5 Å². The predicted octanol–water partition coefficient (Wildman–Crippen LogP) is 6.56. The molecule has 2 unspecified atom stereocenters. The van der Waals surface area contributed by atoms with Crippen molar-refractivity contribution in [3.05, 3.63) is 0 Å². The maximum absolute atomic E-state index is 12.1. The van der Waals surface area contributed by atoms with Crippen LogP contribution in [0.25, 0.3) is 0 Å². The van der Waals surface area contributed by atoms with E-state index in [2.05, 4.69) is 39.9 Å². The third-order valence-corrected chi connectivity index (χ3v) is 10.3. The summed E-state index contributed by atoms with van der Waals surface area (Å²) in [7, 11) is 0.840. The SMILES string of the molecule is CCCCCCCCOC(=O)CNC(P=S)(SC(C)CC)SC(C)CC. The Morgan fingerprint density at radius 1 is 1.04 bits per heavy atom. The first-order chi connectivity index (χ1) is 12.4. The van der Waals surface area contributed by atoms with Crippen LogP contribution in [0, 0.1) is 0 Å². The topological polar surface area (TPSA) is 38.3 Å². The minimum Gasteiger partial charge on any atom is -0.465 e. The van der Waals surface area contributed by atoms with Crippen molar-refractivity contribution in [2.75, 3.05) is 13.2 Å². The number of carbonyl (C=O) groups excluding carboxylic acids is 1. The summed E-state index contributed by atoms with van der Waals surface area (Å²) in [6, 6.07) is 0. The Morgan fingerprint density at radius 3 is 2.08 bits per heavy atom. The van der Waals surface area contributed by atoms with Crippen LogP contribution in [0.2, 0.25) is 0 Å². The summed E-state index contributed by atoms with van der Waals surface area (Å²) in [4.78, 5) is 12.1. The van der Waals surface area contributed by atoms with E-state index in [1.54, 1.807) is 0 Å². The summed E-state index contributed by atoms with van der Waals surface area (Å²) < 4.78 is 5.07. The molecule has 26 heavy (non-hydrogen) atoms. The Balaban J connectivity index is 4.35. The molecule has 0 radical (unpaired) electrons. The first-order valence-electron chi connectivity index (χ1n) is 10.0. The second-order valence-corrected chi connectivity index (χ2v) is 12.3. The van der Waals surface area contributed by atoms with Crippen molar-refractivity contribution in [2.45, 2.75) is 100 Å². The number of rotatable bonds is 17. The molecule has 2 atom stereocenters. The summed E-state index contributed by atoms with van der Waals surface area (Å²) >= 11 is 9.13. The summed E-state index contributed by atoms with van der Waals surface area (Å²) in [6.07, 6.45) is 9.35. The molecular weight excluding hydrogens is 401 g/mol. The van der Waals surface area contributed by atoms with E-state index in [1.165, 1.54) is 25.7 Å². The molecule has 0 aromatic heterocycles. The van der Waals surface area contributed by atoms with Gasteiger partial charge in [-0.25, -0.2) is 0 Å². The predicted molar refractivity (Wildman–Crippen MR) is 124 cm³/mol. The zero-order valence-corrected chi connectivity index (χ0v) is 20.6. The molecule has 3 nitrogen and oxygen atoms in total. The molecule has 0 rings (SSSR count). The lowest BCUT2D eigenvalue weighted by Gasteiger charge is -2.33. The highest BCUT2D eigenvalue weighted by Gasteiger charge is 2.33. The van der Waals surface area contributed by atoms with E-state index in [0.29, 0.717) is 17.1 Å². The van der Waals surface area contributed by atoms with Crippen molar-refractivity contribution in [2.24, 2.45) is 0 Å². The van der Waals surface area contributed by atoms with Crippen molar-refractivity contribution < 1.29 is 9.53 Å². The molecule has 0 saturated heterocycles. The van der Waals surface area contributed by atoms with Crippen LogP contribution in [0.5, 0.6) is 0 Å². The molecule has 0 spiro atoms. The highest BCUT2D eigenvalue weighted by atomic mass is 32.4. The smallest absolute Gasteiger partial charge is 0.320 e. The van der Waals surface area contributed by atoms with Crippen LogP contribution >= 0.6 is 30.9 Å². The van der Waals surface area contributed by atoms with Gasteiger partial charge in [-0.15, -0.1) is 23.5 Å². The quantitative estimate of drug-likeness (QED) is 0.120. The minimum absolute atomic E-state index is 0.170. The first-order valence-corrected chi connectivity index (χ1v) is 13.7. The number of ether oxygens (including phenoxy) is 1. The van der Waals surface area contributed by atoms with Crippen LogP contribution in [0.15, 0.2) is 0 Å².